The van der Waals surface area contributed by atoms with Crippen LogP contribution in [0.4, 0.5) is 5.69 Å². The lowest BCUT2D eigenvalue weighted by Gasteiger charge is -2.11. The Morgan fingerprint density at radius 2 is 2.16 bits per heavy atom. The molecule has 8 heteroatoms. The molecule has 0 amide bonds. The van der Waals surface area contributed by atoms with Crippen LogP contribution in [0.25, 0.3) is 0 Å². The maximum Gasteiger partial charge on any atom is 0.326 e. The van der Waals surface area contributed by atoms with Crippen LogP contribution in [0.3, 0.4) is 0 Å². The highest BCUT2D eigenvalue weighted by atomic mass is 16.6. The smallest absolute Gasteiger partial charge is 0.326 e. The van der Waals surface area contributed by atoms with Crippen LogP contribution in [-0.2, 0) is 9.53 Å². The van der Waals surface area contributed by atoms with Gasteiger partial charge in [0.2, 0.25) is 0 Å². The van der Waals surface area contributed by atoms with E-state index >= 15 is 0 Å². The lowest BCUT2D eigenvalue weighted by Crippen LogP contribution is -2.37. The number of rotatable bonds is 6. The molecule has 104 valence electrons. The van der Waals surface area contributed by atoms with Crippen molar-refractivity contribution in [2.24, 2.45) is 5.73 Å². The van der Waals surface area contributed by atoms with Crippen molar-refractivity contribution in [3.63, 3.8) is 0 Å². The van der Waals surface area contributed by atoms with Gasteiger partial charge in [-0.15, -0.1) is 0 Å². The first-order chi connectivity index (χ1) is 8.99. The van der Waals surface area contributed by atoms with Crippen molar-refractivity contribution in [1.29, 1.82) is 0 Å². The van der Waals surface area contributed by atoms with Crippen LogP contribution in [0.15, 0.2) is 18.2 Å². The number of ether oxygens (including phenoxy) is 3. The Hall–Kier alpha value is -2.35. The molecule has 0 heterocycles. The molecular formula is C11H14N2O6. The molecule has 0 radical (unpaired) electrons. The molecular weight excluding hydrogens is 256 g/mol. The van der Waals surface area contributed by atoms with Gasteiger partial charge in [0.15, 0.2) is 5.75 Å². The summed E-state index contributed by atoms with van der Waals surface area (Å²) in [5.74, 6) is -0.322. The molecule has 0 aliphatic heterocycles. The summed E-state index contributed by atoms with van der Waals surface area (Å²) in [6.45, 7) is -0.222. The molecule has 8 nitrogen and oxygen atoms in total. The second-order valence-electron chi connectivity index (χ2n) is 3.53. The van der Waals surface area contributed by atoms with E-state index in [4.69, 9.17) is 15.2 Å². The lowest BCUT2D eigenvalue weighted by molar-refractivity contribution is -0.385. The topological polar surface area (TPSA) is 114 Å². The number of esters is 1. The monoisotopic (exact) mass is 270 g/mol. The summed E-state index contributed by atoms with van der Waals surface area (Å²) in [5.41, 5.74) is 5.20. The van der Waals surface area contributed by atoms with Crippen LogP contribution in [-0.4, -0.2) is 37.8 Å². The predicted octanol–water partition coefficient (Wildman–Crippen LogP) is 0.482. The van der Waals surface area contributed by atoms with E-state index in [1.165, 1.54) is 32.4 Å². The van der Waals surface area contributed by atoms with E-state index < -0.39 is 16.9 Å². The van der Waals surface area contributed by atoms with Gasteiger partial charge in [0, 0.05) is 0 Å². The normalized spacial score (nSPS) is 11.5. The standard InChI is InChI=1S/C11H14N2O6/c1-17-7-3-4-10(9(5-7)13(15)16)19-6-8(12)11(14)18-2/h3-5,8H,6,12H2,1-2H3. The van der Waals surface area contributed by atoms with Crippen molar-refractivity contribution in [1.82, 2.24) is 0 Å². The number of carbonyl (C=O) groups is 1. The van der Waals surface area contributed by atoms with Crippen LogP contribution in [0, 0.1) is 10.1 Å². The van der Waals surface area contributed by atoms with E-state index in [2.05, 4.69) is 4.74 Å². The van der Waals surface area contributed by atoms with Crippen molar-refractivity contribution >= 4 is 11.7 Å². The van der Waals surface area contributed by atoms with Gasteiger partial charge in [0.1, 0.15) is 18.4 Å². The summed E-state index contributed by atoms with van der Waals surface area (Å²) in [6, 6.07) is 3.10. The highest BCUT2D eigenvalue weighted by Crippen LogP contribution is 2.30. The van der Waals surface area contributed by atoms with Crippen LogP contribution < -0.4 is 15.2 Å². The summed E-state index contributed by atoms with van der Waals surface area (Å²) >= 11 is 0. The van der Waals surface area contributed by atoms with E-state index in [-0.39, 0.29) is 18.0 Å². The molecule has 0 aliphatic carbocycles. The minimum Gasteiger partial charge on any atom is -0.496 e. The Morgan fingerprint density at radius 1 is 1.47 bits per heavy atom. The van der Waals surface area contributed by atoms with Crippen LogP contribution in [0.1, 0.15) is 0 Å². The Bertz CT molecular complexity index is 476. The summed E-state index contributed by atoms with van der Waals surface area (Å²) in [5, 5.41) is 10.9. The second kappa shape index (κ2) is 6.55. The summed E-state index contributed by atoms with van der Waals surface area (Å²) in [4.78, 5) is 21.3. The van der Waals surface area contributed by atoms with E-state index in [9.17, 15) is 14.9 Å². The van der Waals surface area contributed by atoms with Crippen molar-refractivity contribution in [3.05, 3.63) is 28.3 Å². The third-order valence-corrected chi connectivity index (χ3v) is 2.29. The quantitative estimate of drug-likeness (QED) is 0.454. The number of carbonyl (C=O) groups excluding carboxylic acids is 1. The fourth-order valence-electron chi connectivity index (χ4n) is 1.29. The average Bonchev–Trinajstić information content (AvgIpc) is 2.43. The zero-order chi connectivity index (χ0) is 14.4. The number of nitro groups is 1. The summed E-state index contributed by atoms with van der Waals surface area (Å²) in [7, 11) is 2.59. The summed E-state index contributed by atoms with van der Waals surface area (Å²) < 4.78 is 14.5. The Balaban J connectivity index is 2.83. The molecule has 1 atom stereocenters. The Labute approximate surface area is 109 Å². The minimum absolute atomic E-state index is 0.00477. The highest BCUT2D eigenvalue weighted by Gasteiger charge is 2.20. The maximum absolute atomic E-state index is 11.1. The first kappa shape index (κ1) is 14.7. The molecule has 1 rings (SSSR count). The predicted molar refractivity (Wildman–Crippen MR) is 65.1 cm³/mol. The zero-order valence-electron chi connectivity index (χ0n) is 10.5. The number of hydrogen-bond donors (Lipinski definition) is 1. The van der Waals surface area contributed by atoms with Gasteiger partial charge < -0.3 is 19.9 Å². The van der Waals surface area contributed by atoms with Gasteiger partial charge in [0.25, 0.3) is 0 Å². The van der Waals surface area contributed by atoms with Crippen LogP contribution in [0.5, 0.6) is 11.5 Å². The molecule has 0 spiro atoms. The van der Waals surface area contributed by atoms with E-state index in [1.54, 1.807) is 0 Å². The third kappa shape index (κ3) is 3.81. The largest absolute Gasteiger partial charge is 0.496 e. The van der Waals surface area contributed by atoms with E-state index in [0.29, 0.717) is 5.75 Å². The molecule has 0 saturated carbocycles. The van der Waals surface area contributed by atoms with Gasteiger partial charge in [-0.3, -0.25) is 14.9 Å². The van der Waals surface area contributed by atoms with Crippen LogP contribution in [0.2, 0.25) is 0 Å². The first-order valence-electron chi connectivity index (χ1n) is 5.28. The molecule has 1 aromatic rings. The molecule has 0 aliphatic rings. The lowest BCUT2D eigenvalue weighted by atomic mass is 10.2. The average molecular weight is 270 g/mol. The molecule has 0 aromatic heterocycles. The molecule has 2 N–H and O–H groups in total. The second-order valence-corrected chi connectivity index (χ2v) is 3.53. The number of nitrogens with zero attached hydrogens (tertiary/aromatic N) is 1. The number of nitrogens with two attached hydrogens (primary N) is 1. The van der Waals surface area contributed by atoms with Crippen molar-refractivity contribution in [3.8, 4) is 11.5 Å². The van der Waals surface area contributed by atoms with Crippen molar-refractivity contribution < 1.29 is 23.9 Å². The van der Waals surface area contributed by atoms with Gasteiger partial charge in [0.05, 0.1) is 25.2 Å². The number of hydrogen-bond acceptors (Lipinski definition) is 7. The molecule has 0 bridgehead atoms. The van der Waals surface area contributed by atoms with Crippen molar-refractivity contribution in [2.75, 3.05) is 20.8 Å². The fourth-order valence-corrected chi connectivity index (χ4v) is 1.29. The molecule has 19 heavy (non-hydrogen) atoms. The third-order valence-electron chi connectivity index (χ3n) is 2.29. The van der Waals surface area contributed by atoms with Crippen molar-refractivity contribution in [2.45, 2.75) is 6.04 Å². The number of methoxy groups -OCH3 is 2. The SMILES string of the molecule is COC(=O)C(N)COc1ccc(OC)cc1[N+](=O)[O-]. The molecule has 0 saturated heterocycles. The van der Waals surface area contributed by atoms with Gasteiger partial charge in [-0.25, -0.2) is 0 Å². The number of benzene rings is 1. The van der Waals surface area contributed by atoms with Gasteiger partial charge >= 0.3 is 11.7 Å². The van der Waals surface area contributed by atoms with E-state index in [0.717, 1.165) is 0 Å². The molecule has 1 unspecified atom stereocenters. The van der Waals surface area contributed by atoms with Crippen LogP contribution >= 0.6 is 0 Å². The zero-order valence-corrected chi connectivity index (χ0v) is 10.5. The Kier molecular flexibility index (Phi) is 5.07. The fraction of sp³-hybridized carbons (Fsp3) is 0.364. The number of nitro benzene ring substituents is 1. The highest BCUT2D eigenvalue weighted by molar-refractivity contribution is 5.75. The molecule has 1 aromatic carbocycles. The molecule has 0 fully saturated rings. The minimum atomic E-state index is -1.01. The first-order valence-corrected chi connectivity index (χ1v) is 5.28. The van der Waals surface area contributed by atoms with Gasteiger partial charge in [-0.2, -0.15) is 0 Å². The van der Waals surface area contributed by atoms with Gasteiger partial charge in [-0.05, 0) is 12.1 Å². The van der Waals surface area contributed by atoms with E-state index in [1.807, 2.05) is 0 Å². The van der Waals surface area contributed by atoms with Gasteiger partial charge in [-0.1, -0.05) is 0 Å². The summed E-state index contributed by atoms with van der Waals surface area (Å²) in [6.07, 6.45) is 0. The maximum atomic E-state index is 11.1. The Morgan fingerprint density at radius 3 is 2.68 bits per heavy atom.